The number of carbonyl (C=O) groups is 3. The van der Waals surface area contributed by atoms with Crippen molar-refractivity contribution in [2.75, 3.05) is 13.1 Å². The molecule has 0 bridgehead atoms. The molecule has 0 unspecified atom stereocenters. The maximum atomic E-state index is 12.2. The molecule has 2 rings (SSSR count). The van der Waals surface area contributed by atoms with Gasteiger partial charge in [0.2, 0.25) is 5.91 Å². The van der Waals surface area contributed by atoms with Crippen LogP contribution in [0.4, 0.5) is 0 Å². The van der Waals surface area contributed by atoms with Crippen LogP contribution < -0.4 is 5.32 Å². The van der Waals surface area contributed by atoms with Crippen LogP contribution >= 0.6 is 0 Å². The molecule has 6 heteroatoms. The molecule has 1 fully saturated rings. The van der Waals surface area contributed by atoms with Crippen molar-refractivity contribution in [3.63, 3.8) is 0 Å². The van der Waals surface area contributed by atoms with E-state index in [0.29, 0.717) is 18.7 Å². The van der Waals surface area contributed by atoms with E-state index in [-0.39, 0.29) is 29.3 Å². The van der Waals surface area contributed by atoms with Crippen LogP contribution in [0, 0.1) is 5.92 Å². The molecule has 23 heavy (non-hydrogen) atoms. The second-order valence-electron chi connectivity index (χ2n) is 6.11. The molecule has 0 atom stereocenters. The Kier molecular flexibility index (Phi) is 5.36. The number of carboxylic acid groups (broad SMARTS) is 1. The highest BCUT2D eigenvalue weighted by atomic mass is 16.4. The molecule has 0 radical (unpaired) electrons. The lowest BCUT2D eigenvalue weighted by Crippen LogP contribution is -2.47. The van der Waals surface area contributed by atoms with Crippen molar-refractivity contribution in [3.8, 4) is 0 Å². The van der Waals surface area contributed by atoms with Crippen molar-refractivity contribution < 1.29 is 19.5 Å². The van der Waals surface area contributed by atoms with Gasteiger partial charge in [0.05, 0.1) is 5.56 Å². The van der Waals surface area contributed by atoms with Crippen LogP contribution in [0.3, 0.4) is 0 Å². The molecule has 0 aliphatic carbocycles. The van der Waals surface area contributed by atoms with Crippen molar-refractivity contribution in [1.82, 2.24) is 10.2 Å². The summed E-state index contributed by atoms with van der Waals surface area (Å²) in [6.07, 6.45) is 1.47. The predicted molar refractivity (Wildman–Crippen MR) is 85.3 cm³/mol. The van der Waals surface area contributed by atoms with E-state index in [2.05, 4.69) is 5.32 Å². The van der Waals surface area contributed by atoms with Crippen LogP contribution in [0.2, 0.25) is 0 Å². The summed E-state index contributed by atoms with van der Waals surface area (Å²) >= 11 is 0. The van der Waals surface area contributed by atoms with Gasteiger partial charge in [0.1, 0.15) is 0 Å². The van der Waals surface area contributed by atoms with Gasteiger partial charge in [-0.25, -0.2) is 4.79 Å². The second-order valence-corrected chi connectivity index (χ2v) is 6.11. The predicted octanol–water partition coefficient (Wildman–Crippen LogP) is 1.76. The first-order valence-electron chi connectivity index (χ1n) is 7.81. The highest BCUT2D eigenvalue weighted by molar-refractivity contribution is 5.96. The highest BCUT2D eigenvalue weighted by Crippen LogP contribution is 2.14. The fourth-order valence-electron chi connectivity index (χ4n) is 2.64. The zero-order chi connectivity index (χ0) is 17.0. The highest BCUT2D eigenvalue weighted by Gasteiger charge is 2.25. The maximum absolute atomic E-state index is 12.2. The van der Waals surface area contributed by atoms with E-state index in [1.807, 2.05) is 18.7 Å². The molecule has 124 valence electrons. The van der Waals surface area contributed by atoms with Gasteiger partial charge < -0.3 is 15.3 Å². The molecule has 0 aromatic heterocycles. The minimum Gasteiger partial charge on any atom is -0.478 e. The van der Waals surface area contributed by atoms with Crippen LogP contribution in [-0.4, -0.2) is 46.9 Å². The average molecular weight is 318 g/mol. The van der Waals surface area contributed by atoms with Gasteiger partial charge in [-0.1, -0.05) is 13.8 Å². The summed E-state index contributed by atoms with van der Waals surface area (Å²) < 4.78 is 0. The normalized spacial score (nSPS) is 15.5. The minimum absolute atomic E-state index is 0.00566. The number of carboxylic acids is 1. The molecule has 1 aromatic carbocycles. The number of nitrogens with one attached hydrogen (secondary N) is 1. The molecule has 1 aliphatic heterocycles. The zero-order valence-corrected chi connectivity index (χ0v) is 13.4. The molecule has 1 aromatic rings. The first-order valence-corrected chi connectivity index (χ1v) is 7.81. The summed E-state index contributed by atoms with van der Waals surface area (Å²) in [5, 5.41) is 11.8. The Balaban J connectivity index is 1.87. The molecule has 1 aliphatic rings. The van der Waals surface area contributed by atoms with Gasteiger partial charge in [-0.3, -0.25) is 9.59 Å². The molecule has 0 spiro atoms. The molecule has 1 saturated heterocycles. The van der Waals surface area contributed by atoms with Gasteiger partial charge in [-0.15, -0.1) is 0 Å². The molecular formula is C17H22N2O4. The summed E-state index contributed by atoms with van der Waals surface area (Å²) in [6.45, 7) is 5.08. The Labute approximate surface area is 135 Å². The van der Waals surface area contributed by atoms with E-state index in [1.165, 1.54) is 24.3 Å². The van der Waals surface area contributed by atoms with Crippen molar-refractivity contribution in [1.29, 1.82) is 0 Å². The van der Waals surface area contributed by atoms with Crippen molar-refractivity contribution in [2.45, 2.75) is 32.7 Å². The SMILES string of the molecule is CC(C)C(=O)N1CCC(NC(=O)c2ccc(C(=O)O)cc2)CC1. The topological polar surface area (TPSA) is 86.7 Å². The summed E-state index contributed by atoms with van der Waals surface area (Å²) in [6, 6.07) is 5.90. The number of nitrogens with zero attached hydrogens (tertiary/aromatic N) is 1. The van der Waals surface area contributed by atoms with E-state index < -0.39 is 5.97 Å². The van der Waals surface area contributed by atoms with E-state index >= 15 is 0 Å². The lowest BCUT2D eigenvalue weighted by atomic mass is 10.0. The lowest BCUT2D eigenvalue weighted by Gasteiger charge is -2.33. The fraction of sp³-hybridized carbons (Fsp3) is 0.471. The van der Waals surface area contributed by atoms with E-state index in [9.17, 15) is 14.4 Å². The van der Waals surface area contributed by atoms with Gasteiger partial charge in [0.15, 0.2) is 0 Å². The molecule has 2 N–H and O–H groups in total. The van der Waals surface area contributed by atoms with Crippen molar-refractivity contribution in [2.24, 2.45) is 5.92 Å². The number of amides is 2. The average Bonchev–Trinajstić information content (AvgIpc) is 2.54. The van der Waals surface area contributed by atoms with E-state index in [0.717, 1.165) is 12.8 Å². The molecular weight excluding hydrogens is 296 g/mol. The standard InChI is InChI=1S/C17H22N2O4/c1-11(2)16(21)19-9-7-14(8-10-19)18-15(20)12-3-5-13(6-4-12)17(22)23/h3-6,11,14H,7-10H2,1-2H3,(H,18,20)(H,22,23). The largest absolute Gasteiger partial charge is 0.478 e. The first-order chi connectivity index (χ1) is 10.9. The first kappa shape index (κ1) is 17.0. The zero-order valence-electron chi connectivity index (χ0n) is 13.4. The van der Waals surface area contributed by atoms with Gasteiger partial charge in [0.25, 0.3) is 5.91 Å². The summed E-state index contributed by atoms with van der Waals surface area (Å²) in [7, 11) is 0. The number of hydrogen-bond donors (Lipinski definition) is 2. The number of benzene rings is 1. The number of likely N-dealkylation sites (tertiary alicyclic amines) is 1. The van der Waals surface area contributed by atoms with E-state index in [4.69, 9.17) is 5.11 Å². The van der Waals surface area contributed by atoms with Crippen LogP contribution in [-0.2, 0) is 4.79 Å². The van der Waals surface area contributed by atoms with Crippen molar-refractivity contribution >= 4 is 17.8 Å². The molecule has 0 saturated carbocycles. The Morgan fingerprint density at radius 2 is 1.61 bits per heavy atom. The quantitative estimate of drug-likeness (QED) is 0.885. The fourth-order valence-corrected chi connectivity index (χ4v) is 2.64. The Morgan fingerprint density at radius 1 is 1.09 bits per heavy atom. The number of hydrogen-bond acceptors (Lipinski definition) is 3. The minimum atomic E-state index is -1.01. The number of carbonyl (C=O) groups excluding carboxylic acids is 2. The Bertz CT molecular complexity index is 587. The third-order valence-electron chi connectivity index (χ3n) is 4.03. The number of aromatic carboxylic acids is 1. The molecule has 2 amide bonds. The maximum Gasteiger partial charge on any atom is 0.335 e. The van der Waals surface area contributed by atoms with Gasteiger partial charge in [0, 0.05) is 30.6 Å². The molecule has 6 nitrogen and oxygen atoms in total. The van der Waals surface area contributed by atoms with Gasteiger partial charge in [-0.05, 0) is 37.1 Å². The van der Waals surface area contributed by atoms with Crippen LogP contribution in [0.1, 0.15) is 47.4 Å². The monoisotopic (exact) mass is 318 g/mol. The van der Waals surface area contributed by atoms with Crippen LogP contribution in [0.25, 0.3) is 0 Å². The summed E-state index contributed by atoms with van der Waals surface area (Å²) in [5.74, 6) is -1.08. The van der Waals surface area contributed by atoms with Gasteiger partial charge in [-0.2, -0.15) is 0 Å². The number of rotatable bonds is 4. The van der Waals surface area contributed by atoms with Gasteiger partial charge >= 0.3 is 5.97 Å². The van der Waals surface area contributed by atoms with Crippen molar-refractivity contribution in [3.05, 3.63) is 35.4 Å². The second kappa shape index (κ2) is 7.26. The smallest absolute Gasteiger partial charge is 0.335 e. The molecule has 1 heterocycles. The lowest BCUT2D eigenvalue weighted by molar-refractivity contribution is -0.135. The van der Waals surface area contributed by atoms with Crippen LogP contribution in [0.15, 0.2) is 24.3 Å². The Morgan fingerprint density at radius 3 is 2.09 bits per heavy atom. The third kappa shape index (κ3) is 4.31. The van der Waals surface area contributed by atoms with E-state index in [1.54, 1.807) is 0 Å². The third-order valence-corrected chi connectivity index (χ3v) is 4.03. The number of piperidine rings is 1. The summed E-state index contributed by atoms with van der Waals surface area (Å²) in [4.78, 5) is 36.7. The Hall–Kier alpha value is -2.37. The van der Waals surface area contributed by atoms with Crippen LogP contribution in [0.5, 0.6) is 0 Å². The summed E-state index contributed by atoms with van der Waals surface area (Å²) in [5.41, 5.74) is 0.595.